The Kier molecular flexibility index (Phi) is 7.01. The van der Waals surface area contributed by atoms with Crippen LogP contribution in [-0.4, -0.2) is 30.4 Å². The fraction of sp³-hybridized carbons (Fsp3) is 0.0952. The van der Waals surface area contributed by atoms with Gasteiger partial charge in [0.25, 0.3) is 11.6 Å². The van der Waals surface area contributed by atoms with Gasteiger partial charge in [-0.1, -0.05) is 53.0 Å². The lowest BCUT2D eigenvalue weighted by atomic mass is 10.2. The number of carbonyl (C=O) groups is 1. The Balaban J connectivity index is 1.38. The largest absolute Gasteiger partial charge is 0.470 e. The van der Waals surface area contributed by atoms with Gasteiger partial charge in [0.1, 0.15) is 10.8 Å². The summed E-state index contributed by atoms with van der Waals surface area (Å²) in [7, 11) is 0. The first-order valence-corrected chi connectivity index (χ1v) is 10.8. The number of benzene rings is 2. The lowest BCUT2D eigenvalue weighted by molar-refractivity contribution is -0.384. The van der Waals surface area contributed by atoms with Crippen molar-refractivity contribution in [1.29, 1.82) is 0 Å². The average molecular weight is 522 g/mol. The molecule has 1 N–H and O–H groups in total. The zero-order valence-electron chi connectivity index (χ0n) is 17.2. The Morgan fingerprint density at radius 1 is 1.03 bits per heavy atom. The molecule has 4 aromatic rings. The van der Waals surface area contributed by atoms with Crippen LogP contribution in [0.5, 0.6) is 5.75 Å². The van der Waals surface area contributed by atoms with Crippen molar-refractivity contribution in [3.63, 3.8) is 0 Å². The molecule has 4 rings (SSSR count). The van der Waals surface area contributed by atoms with E-state index in [0.717, 1.165) is 5.56 Å². The van der Waals surface area contributed by atoms with Gasteiger partial charge in [-0.2, -0.15) is 10.2 Å². The maximum absolute atomic E-state index is 12.6. The van der Waals surface area contributed by atoms with Crippen LogP contribution in [0.1, 0.15) is 16.1 Å². The number of hydrogen-bond acceptors (Lipinski definition) is 6. The lowest BCUT2D eigenvalue weighted by Gasteiger charge is -2.07. The van der Waals surface area contributed by atoms with E-state index in [-0.39, 0.29) is 39.7 Å². The Labute approximate surface area is 207 Å². The second-order valence-electron chi connectivity index (χ2n) is 6.95. The molecule has 0 fully saturated rings. The van der Waals surface area contributed by atoms with Gasteiger partial charge in [-0.15, -0.1) is 0 Å². The SMILES string of the molecule is O=C(Nc1nn(Cc2ccccc2Cl)cc1Cl)c1ccn(COc2ccc([N+](=O)[O-])cc2Cl)n1. The molecule has 1 amide bonds. The predicted molar refractivity (Wildman–Crippen MR) is 127 cm³/mol. The third kappa shape index (κ3) is 5.48. The van der Waals surface area contributed by atoms with Crippen LogP contribution >= 0.6 is 34.8 Å². The molecule has 34 heavy (non-hydrogen) atoms. The first-order valence-electron chi connectivity index (χ1n) is 9.68. The normalized spacial score (nSPS) is 10.8. The van der Waals surface area contributed by atoms with Crippen LogP contribution in [0.25, 0.3) is 0 Å². The molecule has 2 heterocycles. The minimum absolute atomic E-state index is 0.0714. The highest BCUT2D eigenvalue weighted by atomic mass is 35.5. The highest BCUT2D eigenvalue weighted by Gasteiger charge is 2.16. The van der Waals surface area contributed by atoms with Gasteiger partial charge in [0, 0.05) is 29.5 Å². The minimum atomic E-state index is -0.555. The second kappa shape index (κ2) is 10.1. The lowest BCUT2D eigenvalue weighted by Crippen LogP contribution is -2.15. The van der Waals surface area contributed by atoms with E-state index in [1.807, 2.05) is 18.2 Å². The number of hydrogen-bond donors (Lipinski definition) is 1. The molecular weight excluding hydrogens is 507 g/mol. The van der Waals surface area contributed by atoms with E-state index in [4.69, 9.17) is 39.5 Å². The van der Waals surface area contributed by atoms with Crippen molar-refractivity contribution < 1.29 is 14.5 Å². The van der Waals surface area contributed by atoms with E-state index in [1.165, 1.54) is 35.1 Å². The van der Waals surface area contributed by atoms with Crippen molar-refractivity contribution in [3.05, 3.63) is 97.4 Å². The number of amides is 1. The molecule has 2 aromatic heterocycles. The summed E-state index contributed by atoms with van der Waals surface area (Å²) in [6.45, 7) is 0.310. The summed E-state index contributed by atoms with van der Waals surface area (Å²) in [5.41, 5.74) is 0.812. The second-order valence-corrected chi connectivity index (χ2v) is 8.18. The first kappa shape index (κ1) is 23.6. The van der Waals surface area contributed by atoms with Crippen molar-refractivity contribution in [2.45, 2.75) is 13.3 Å². The summed E-state index contributed by atoms with van der Waals surface area (Å²) < 4.78 is 8.46. The standard InChI is InChI=1S/C21H15Cl3N6O4/c22-15-4-2-1-3-13(15)10-29-11-17(24)20(27-29)25-21(31)18-7-8-28(26-18)12-34-19-6-5-14(30(32)33)9-16(19)23/h1-9,11H,10,12H2,(H,25,27,31). The van der Waals surface area contributed by atoms with Crippen LogP contribution in [0.15, 0.2) is 60.9 Å². The Bertz CT molecular complexity index is 1370. The van der Waals surface area contributed by atoms with Crippen molar-refractivity contribution in [1.82, 2.24) is 19.6 Å². The van der Waals surface area contributed by atoms with E-state index >= 15 is 0 Å². The number of rotatable bonds is 8. The number of halogens is 3. The predicted octanol–water partition coefficient (Wildman–Crippen LogP) is 5.29. The van der Waals surface area contributed by atoms with Gasteiger partial charge in [0.15, 0.2) is 18.2 Å². The quantitative estimate of drug-likeness (QED) is 0.249. The Morgan fingerprint density at radius 3 is 2.56 bits per heavy atom. The zero-order chi connectivity index (χ0) is 24.2. The zero-order valence-corrected chi connectivity index (χ0v) is 19.5. The van der Waals surface area contributed by atoms with Gasteiger partial charge in [0.05, 0.1) is 16.5 Å². The van der Waals surface area contributed by atoms with E-state index in [2.05, 4.69) is 15.5 Å². The van der Waals surface area contributed by atoms with E-state index in [0.29, 0.717) is 11.6 Å². The van der Waals surface area contributed by atoms with Crippen molar-refractivity contribution in [2.24, 2.45) is 0 Å². The molecule has 0 radical (unpaired) electrons. The number of nitro benzene ring substituents is 1. The summed E-state index contributed by atoms with van der Waals surface area (Å²) >= 11 is 18.4. The molecule has 2 aromatic carbocycles. The molecule has 0 spiro atoms. The van der Waals surface area contributed by atoms with Gasteiger partial charge in [-0.25, -0.2) is 4.68 Å². The van der Waals surface area contributed by atoms with Crippen molar-refractivity contribution >= 4 is 52.2 Å². The number of aromatic nitrogens is 4. The number of non-ortho nitro benzene ring substituents is 1. The molecule has 0 aliphatic heterocycles. The smallest absolute Gasteiger partial charge is 0.277 e. The van der Waals surface area contributed by atoms with Crippen LogP contribution in [0, 0.1) is 10.1 Å². The van der Waals surface area contributed by atoms with Crippen LogP contribution in [0.2, 0.25) is 15.1 Å². The van der Waals surface area contributed by atoms with Gasteiger partial charge in [-0.3, -0.25) is 19.6 Å². The average Bonchev–Trinajstić information content (AvgIpc) is 3.41. The molecule has 10 nitrogen and oxygen atoms in total. The molecule has 0 saturated heterocycles. The highest BCUT2D eigenvalue weighted by molar-refractivity contribution is 6.33. The first-order chi connectivity index (χ1) is 16.3. The van der Waals surface area contributed by atoms with Crippen LogP contribution in [-0.2, 0) is 13.3 Å². The maximum Gasteiger partial charge on any atom is 0.277 e. The van der Waals surface area contributed by atoms with E-state index in [9.17, 15) is 14.9 Å². The molecular formula is C21H15Cl3N6O4. The molecule has 0 atom stereocenters. The number of anilines is 1. The van der Waals surface area contributed by atoms with Crippen molar-refractivity contribution in [3.8, 4) is 5.75 Å². The van der Waals surface area contributed by atoms with E-state index < -0.39 is 10.8 Å². The third-order valence-electron chi connectivity index (χ3n) is 4.59. The monoisotopic (exact) mass is 520 g/mol. The number of nitro groups is 1. The molecule has 0 unspecified atom stereocenters. The summed E-state index contributed by atoms with van der Waals surface area (Å²) in [6.07, 6.45) is 3.12. The number of nitrogens with zero attached hydrogens (tertiary/aromatic N) is 5. The third-order valence-corrected chi connectivity index (χ3v) is 5.53. The molecule has 0 aliphatic carbocycles. The molecule has 13 heteroatoms. The fourth-order valence-electron chi connectivity index (χ4n) is 2.95. The molecule has 0 saturated carbocycles. The Hall–Kier alpha value is -3.60. The van der Waals surface area contributed by atoms with E-state index in [1.54, 1.807) is 16.9 Å². The fourth-order valence-corrected chi connectivity index (χ4v) is 3.57. The highest BCUT2D eigenvalue weighted by Crippen LogP contribution is 2.29. The van der Waals surface area contributed by atoms with Crippen LogP contribution in [0.3, 0.4) is 0 Å². The number of ether oxygens (including phenoxy) is 1. The van der Waals surface area contributed by atoms with Crippen molar-refractivity contribution in [2.75, 3.05) is 5.32 Å². The molecule has 174 valence electrons. The topological polar surface area (TPSA) is 117 Å². The summed E-state index contributed by atoms with van der Waals surface area (Å²) in [5, 5.41) is 22.8. The summed E-state index contributed by atoms with van der Waals surface area (Å²) in [6, 6.07) is 12.7. The van der Waals surface area contributed by atoms with Crippen LogP contribution in [0.4, 0.5) is 11.5 Å². The van der Waals surface area contributed by atoms with Gasteiger partial charge in [-0.05, 0) is 23.8 Å². The molecule has 0 bridgehead atoms. The van der Waals surface area contributed by atoms with Gasteiger partial charge >= 0.3 is 0 Å². The van der Waals surface area contributed by atoms with Crippen LogP contribution < -0.4 is 10.1 Å². The summed E-state index contributed by atoms with van der Waals surface area (Å²) in [4.78, 5) is 22.8. The number of carbonyl (C=O) groups excluding carboxylic acids is 1. The summed E-state index contributed by atoms with van der Waals surface area (Å²) in [5.74, 6) is -0.0937. The minimum Gasteiger partial charge on any atom is -0.470 e. The number of nitrogens with one attached hydrogen (secondary N) is 1. The molecule has 0 aliphatic rings. The maximum atomic E-state index is 12.6. The van der Waals surface area contributed by atoms with Gasteiger partial charge < -0.3 is 10.1 Å². The Morgan fingerprint density at radius 2 is 1.82 bits per heavy atom. The van der Waals surface area contributed by atoms with Gasteiger partial charge in [0.2, 0.25) is 0 Å².